The van der Waals surface area contributed by atoms with Crippen molar-refractivity contribution in [3.63, 3.8) is 0 Å². The van der Waals surface area contributed by atoms with Gasteiger partial charge in [0, 0.05) is 0 Å². The molecule has 1 aromatic carbocycles. The van der Waals surface area contributed by atoms with Crippen LogP contribution in [0.5, 0.6) is 0 Å². The van der Waals surface area contributed by atoms with E-state index in [9.17, 15) is 18.0 Å². The van der Waals surface area contributed by atoms with Gasteiger partial charge in [0.05, 0.1) is 18.1 Å². The lowest BCUT2D eigenvalue weighted by Crippen LogP contribution is -2.30. The third kappa shape index (κ3) is 1.79. The van der Waals surface area contributed by atoms with Gasteiger partial charge >= 0.3 is 12.1 Å². The molecule has 0 spiro atoms. The van der Waals surface area contributed by atoms with Crippen LogP contribution in [0.4, 0.5) is 13.2 Å². The van der Waals surface area contributed by atoms with Crippen molar-refractivity contribution in [1.82, 2.24) is 0 Å². The second-order valence-electron chi connectivity index (χ2n) is 4.12. The molecule has 2 rings (SSSR count). The number of esters is 1. The van der Waals surface area contributed by atoms with Gasteiger partial charge in [-0.05, 0) is 24.5 Å². The number of rotatable bonds is 2. The summed E-state index contributed by atoms with van der Waals surface area (Å²) in [6, 6.07) is 5.76. The summed E-state index contributed by atoms with van der Waals surface area (Å²) in [5.41, 5.74) is -1.82. The minimum atomic E-state index is -4.32. The Kier molecular flexibility index (Phi) is 2.64. The highest BCUT2D eigenvalue weighted by Gasteiger charge is 2.65. The van der Waals surface area contributed by atoms with E-state index in [0.29, 0.717) is 0 Å². The van der Waals surface area contributed by atoms with Gasteiger partial charge in [-0.25, -0.2) is 4.79 Å². The number of hydrogen-bond acceptors (Lipinski definition) is 2. The van der Waals surface area contributed by atoms with E-state index in [4.69, 9.17) is 0 Å². The summed E-state index contributed by atoms with van der Waals surface area (Å²) in [5.74, 6) is -0.726. The number of carbonyl (C=O) groups is 1. The second-order valence-corrected chi connectivity index (χ2v) is 4.12. The summed E-state index contributed by atoms with van der Waals surface area (Å²) < 4.78 is 43.4. The zero-order chi connectivity index (χ0) is 12.7. The van der Waals surface area contributed by atoms with Crippen molar-refractivity contribution in [3.8, 4) is 0 Å². The Morgan fingerprint density at radius 2 is 1.88 bits per heavy atom. The van der Waals surface area contributed by atoms with Crippen molar-refractivity contribution in [1.29, 1.82) is 0 Å². The third-order valence-electron chi connectivity index (χ3n) is 3.14. The smallest absolute Gasteiger partial charge is 0.398 e. The van der Waals surface area contributed by atoms with Crippen molar-refractivity contribution >= 4 is 5.97 Å². The molecule has 1 aromatic rings. The molecule has 0 N–H and O–H groups in total. The van der Waals surface area contributed by atoms with E-state index < -0.39 is 17.6 Å². The number of halogens is 3. The molecule has 0 aliphatic heterocycles. The zero-order valence-corrected chi connectivity index (χ0v) is 9.17. The predicted octanol–water partition coefficient (Wildman–Crippen LogP) is 3.07. The average Bonchev–Trinajstić information content (AvgIpc) is 3.08. The quantitative estimate of drug-likeness (QED) is 0.747. The van der Waals surface area contributed by atoms with Crippen LogP contribution in [-0.2, 0) is 10.2 Å². The van der Waals surface area contributed by atoms with E-state index in [-0.39, 0.29) is 24.0 Å². The Labute approximate surface area is 96.4 Å². The molecular formula is C12H11F3O2. The molecule has 2 nitrogen and oxygen atoms in total. The summed E-state index contributed by atoms with van der Waals surface area (Å²) in [6.45, 7) is 0. The van der Waals surface area contributed by atoms with E-state index in [1.807, 2.05) is 0 Å². The van der Waals surface area contributed by atoms with E-state index in [1.165, 1.54) is 24.3 Å². The standard InChI is InChI=1S/C12H11F3O2/c1-17-10(16)8-4-2-3-5-9(8)11(6-7-11)12(13,14)15/h2-5H,6-7H2,1H3. The number of ether oxygens (including phenoxy) is 1. The third-order valence-corrected chi connectivity index (χ3v) is 3.14. The summed E-state index contributed by atoms with van der Waals surface area (Å²) in [5, 5.41) is 0. The SMILES string of the molecule is COC(=O)c1ccccc1C1(C(F)(F)F)CC1. The highest BCUT2D eigenvalue weighted by atomic mass is 19.4. The Morgan fingerprint density at radius 3 is 2.35 bits per heavy atom. The van der Waals surface area contributed by atoms with Gasteiger partial charge in [0.2, 0.25) is 0 Å². The van der Waals surface area contributed by atoms with Crippen LogP contribution in [0.15, 0.2) is 24.3 Å². The van der Waals surface area contributed by atoms with Crippen LogP contribution in [0, 0.1) is 0 Å². The van der Waals surface area contributed by atoms with Crippen molar-refractivity contribution < 1.29 is 22.7 Å². The topological polar surface area (TPSA) is 26.3 Å². The summed E-state index contributed by atoms with van der Waals surface area (Å²) >= 11 is 0. The first-order chi connectivity index (χ1) is 7.92. The summed E-state index contributed by atoms with van der Waals surface area (Å²) in [4.78, 5) is 11.4. The number of benzene rings is 1. The molecule has 17 heavy (non-hydrogen) atoms. The molecule has 1 aliphatic carbocycles. The summed E-state index contributed by atoms with van der Waals surface area (Å²) in [6.07, 6.45) is -4.26. The molecule has 0 saturated heterocycles. The molecule has 1 saturated carbocycles. The van der Waals surface area contributed by atoms with Crippen molar-refractivity contribution in [2.24, 2.45) is 0 Å². The van der Waals surface area contributed by atoms with Gasteiger partial charge in [-0.15, -0.1) is 0 Å². The van der Waals surface area contributed by atoms with Gasteiger partial charge in [0.15, 0.2) is 0 Å². The first-order valence-corrected chi connectivity index (χ1v) is 5.17. The molecule has 0 atom stereocenters. The van der Waals surface area contributed by atoms with Crippen LogP contribution in [-0.4, -0.2) is 19.3 Å². The maximum absolute atomic E-state index is 13.0. The lowest BCUT2D eigenvalue weighted by Gasteiger charge is -2.21. The molecule has 1 fully saturated rings. The van der Waals surface area contributed by atoms with Gasteiger partial charge in [-0.3, -0.25) is 0 Å². The zero-order valence-electron chi connectivity index (χ0n) is 9.17. The van der Waals surface area contributed by atoms with Crippen LogP contribution < -0.4 is 0 Å². The fourth-order valence-electron chi connectivity index (χ4n) is 2.02. The van der Waals surface area contributed by atoms with Gasteiger partial charge < -0.3 is 4.74 Å². The van der Waals surface area contributed by atoms with Gasteiger partial charge in [0.25, 0.3) is 0 Å². The molecule has 5 heteroatoms. The van der Waals surface area contributed by atoms with Crippen LogP contribution in [0.3, 0.4) is 0 Å². The minimum Gasteiger partial charge on any atom is -0.465 e. The molecule has 0 radical (unpaired) electrons. The first-order valence-electron chi connectivity index (χ1n) is 5.17. The molecule has 0 aromatic heterocycles. The number of carbonyl (C=O) groups excluding carboxylic acids is 1. The highest BCUT2D eigenvalue weighted by molar-refractivity contribution is 5.91. The lowest BCUT2D eigenvalue weighted by atomic mass is 9.91. The fraction of sp³-hybridized carbons (Fsp3) is 0.417. The highest BCUT2D eigenvalue weighted by Crippen LogP contribution is 2.59. The fourth-order valence-corrected chi connectivity index (χ4v) is 2.02. The van der Waals surface area contributed by atoms with Crippen LogP contribution in [0.2, 0.25) is 0 Å². The molecule has 1 aliphatic rings. The number of hydrogen-bond donors (Lipinski definition) is 0. The normalized spacial score (nSPS) is 17.6. The summed E-state index contributed by atoms with van der Waals surface area (Å²) in [7, 11) is 1.16. The second kappa shape index (κ2) is 3.75. The maximum atomic E-state index is 13.0. The van der Waals surface area contributed by atoms with Crippen molar-refractivity contribution in [2.75, 3.05) is 7.11 Å². The minimum absolute atomic E-state index is 0.00447. The number of methoxy groups -OCH3 is 1. The molecule has 0 heterocycles. The lowest BCUT2D eigenvalue weighted by molar-refractivity contribution is -0.160. The molecular weight excluding hydrogens is 233 g/mol. The van der Waals surface area contributed by atoms with Gasteiger partial charge in [0.1, 0.15) is 0 Å². The maximum Gasteiger partial charge on any atom is 0.398 e. The van der Waals surface area contributed by atoms with E-state index >= 15 is 0 Å². The Hall–Kier alpha value is -1.52. The van der Waals surface area contributed by atoms with Crippen molar-refractivity contribution in [3.05, 3.63) is 35.4 Å². The largest absolute Gasteiger partial charge is 0.465 e. The van der Waals surface area contributed by atoms with Crippen LogP contribution in [0.1, 0.15) is 28.8 Å². The molecule has 0 amide bonds. The number of alkyl halides is 3. The van der Waals surface area contributed by atoms with E-state index in [1.54, 1.807) is 0 Å². The van der Waals surface area contributed by atoms with E-state index in [2.05, 4.69) is 4.74 Å². The van der Waals surface area contributed by atoms with Gasteiger partial charge in [-0.1, -0.05) is 18.2 Å². The molecule has 92 valence electrons. The Morgan fingerprint density at radius 1 is 1.29 bits per heavy atom. The Bertz CT molecular complexity index is 447. The predicted molar refractivity (Wildman–Crippen MR) is 54.7 cm³/mol. The van der Waals surface area contributed by atoms with Crippen LogP contribution in [0.25, 0.3) is 0 Å². The molecule has 0 unspecified atom stereocenters. The van der Waals surface area contributed by atoms with E-state index in [0.717, 1.165) is 7.11 Å². The van der Waals surface area contributed by atoms with Gasteiger partial charge in [-0.2, -0.15) is 13.2 Å². The van der Waals surface area contributed by atoms with Crippen molar-refractivity contribution in [2.45, 2.75) is 24.4 Å². The van der Waals surface area contributed by atoms with Crippen LogP contribution >= 0.6 is 0 Å². The first kappa shape index (κ1) is 12.0. The molecule has 0 bridgehead atoms. The monoisotopic (exact) mass is 244 g/mol. The average molecular weight is 244 g/mol. The Balaban J connectivity index is 2.50.